The number of nitrogens with zero attached hydrogens (tertiary/aromatic N) is 1. The van der Waals surface area contributed by atoms with Crippen LogP contribution in [0.2, 0.25) is 0 Å². The lowest BCUT2D eigenvalue weighted by Gasteiger charge is -2.19. The molecule has 0 aliphatic heterocycles. The Balaban J connectivity index is 1.43. The summed E-state index contributed by atoms with van der Waals surface area (Å²) in [6, 6.07) is 7.93. The number of ether oxygens (including phenoxy) is 2. The van der Waals surface area contributed by atoms with Gasteiger partial charge in [-0.25, -0.2) is 18.6 Å². The second-order valence-corrected chi connectivity index (χ2v) is 10.9. The fraction of sp³-hybridized carbons (Fsp3) is 0.367. The summed E-state index contributed by atoms with van der Waals surface area (Å²) in [7, 11) is 0. The molecule has 4 rings (SSSR count). The number of aryl methyl sites for hydroxylation is 2. The summed E-state index contributed by atoms with van der Waals surface area (Å²) in [6.45, 7) is 7.04. The molecule has 40 heavy (non-hydrogen) atoms. The van der Waals surface area contributed by atoms with Gasteiger partial charge in [0.2, 0.25) is 0 Å². The summed E-state index contributed by atoms with van der Waals surface area (Å²) in [5, 5.41) is 12.0. The summed E-state index contributed by atoms with van der Waals surface area (Å²) in [5.74, 6) is -4.05. The number of rotatable bonds is 12. The van der Waals surface area contributed by atoms with Crippen LogP contribution in [0.25, 0.3) is 17.3 Å². The van der Waals surface area contributed by atoms with Gasteiger partial charge in [-0.2, -0.15) is 0 Å². The molecule has 0 atom stereocenters. The molecule has 1 aliphatic carbocycles. The van der Waals surface area contributed by atoms with E-state index in [1.807, 2.05) is 26.0 Å². The lowest BCUT2D eigenvalue weighted by Crippen LogP contribution is -2.13. The Labute approximate surface area is 235 Å². The molecule has 1 heterocycles. The largest absolute Gasteiger partial charge is 0.478 e. The summed E-state index contributed by atoms with van der Waals surface area (Å²) in [5.41, 5.74) is 3.37. The molecule has 0 fully saturated rings. The van der Waals surface area contributed by atoms with Gasteiger partial charge in [-0.15, -0.1) is 11.3 Å². The molecular weight excluding hydrogens is 538 g/mol. The summed E-state index contributed by atoms with van der Waals surface area (Å²) < 4.78 is 40.2. The number of fused-ring (bicyclic) bond motifs is 3. The Kier molecular flexibility index (Phi) is 9.78. The number of carbonyl (C=O) groups is 2. The van der Waals surface area contributed by atoms with Crippen LogP contribution in [0.5, 0.6) is 0 Å². The van der Waals surface area contributed by atoms with Gasteiger partial charge in [0.1, 0.15) is 11.6 Å². The van der Waals surface area contributed by atoms with E-state index in [-0.39, 0.29) is 17.2 Å². The Bertz CT molecular complexity index is 1410. The summed E-state index contributed by atoms with van der Waals surface area (Å²) in [4.78, 5) is 29.5. The third-order valence-corrected chi connectivity index (χ3v) is 7.53. The lowest BCUT2D eigenvalue weighted by atomic mass is 9.88. The van der Waals surface area contributed by atoms with Crippen LogP contribution in [0.15, 0.2) is 35.9 Å². The molecule has 7 nitrogen and oxygen atoms in total. The van der Waals surface area contributed by atoms with Crippen molar-refractivity contribution in [1.82, 2.24) is 4.98 Å². The van der Waals surface area contributed by atoms with E-state index in [0.29, 0.717) is 25.0 Å². The first kappa shape index (κ1) is 29.5. The number of carboxylic acids is 1. The Morgan fingerprint density at radius 2 is 1.90 bits per heavy atom. The molecule has 0 spiro atoms. The number of nitrogens with one attached hydrogen (secondary N) is 1. The average molecular weight is 571 g/mol. The van der Waals surface area contributed by atoms with Crippen LogP contribution in [0.1, 0.15) is 59.1 Å². The molecule has 2 N–H and O–H groups in total. The number of aromatic nitrogens is 1. The normalized spacial score (nSPS) is 12.8. The second-order valence-electron chi connectivity index (χ2n) is 9.81. The molecule has 0 saturated heterocycles. The monoisotopic (exact) mass is 570 g/mol. The number of anilines is 1. The van der Waals surface area contributed by atoms with Crippen molar-refractivity contribution in [3.05, 3.63) is 74.7 Å². The zero-order valence-corrected chi connectivity index (χ0v) is 23.5. The number of carboxylic acid groups (broad SMARTS) is 1. The standard InChI is InChI=1S/C30H32F2N2O5S/c1-17(2)39-13-12-38-11-5-7-19-6-4-8-22-21(19)9-10-26-27(22)33-30(40-26)34-28(35)20-15-24(31)23(25(32)16-20)14-18(3)29(36)37/h4,6,8,14-17H,5,7,9-13H2,1-3H3,(H,36,37)(H,33,34,35). The quantitative estimate of drug-likeness (QED) is 0.196. The van der Waals surface area contributed by atoms with Gasteiger partial charge < -0.3 is 14.6 Å². The molecule has 212 valence electrons. The topological polar surface area (TPSA) is 97.8 Å². The van der Waals surface area contributed by atoms with E-state index in [1.165, 1.54) is 29.4 Å². The van der Waals surface area contributed by atoms with Crippen LogP contribution in [0.4, 0.5) is 13.9 Å². The molecule has 0 bridgehead atoms. The van der Waals surface area contributed by atoms with Gasteiger partial charge in [-0.3, -0.25) is 10.1 Å². The number of thiazole rings is 1. The fourth-order valence-corrected chi connectivity index (χ4v) is 5.49. The van der Waals surface area contributed by atoms with Crippen LogP contribution >= 0.6 is 11.3 Å². The number of hydrogen-bond acceptors (Lipinski definition) is 6. The van der Waals surface area contributed by atoms with Crippen molar-refractivity contribution in [1.29, 1.82) is 0 Å². The van der Waals surface area contributed by atoms with Crippen molar-refractivity contribution in [3.8, 4) is 11.3 Å². The molecule has 3 aromatic rings. The first-order valence-electron chi connectivity index (χ1n) is 13.2. The maximum Gasteiger partial charge on any atom is 0.331 e. The summed E-state index contributed by atoms with van der Waals surface area (Å²) >= 11 is 1.34. The predicted octanol–water partition coefficient (Wildman–Crippen LogP) is 6.30. The number of aliphatic carboxylic acids is 1. The van der Waals surface area contributed by atoms with Crippen LogP contribution in [0.3, 0.4) is 0 Å². The van der Waals surface area contributed by atoms with Crippen molar-refractivity contribution in [2.24, 2.45) is 0 Å². The minimum atomic E-state index is -1.29. The van der Waals surface area contributed by atoms with Crippen LogP contribution < -0.4 is 5.32 Å². The van der Waals surface area contributed by atoms with Gasteiger partial charge in [-0.1, -0.05) is 18.2 Å². The van der Waals surface area contributed by atoms with E-state index >= 15 is 0 Å². The number of amides is 1. The zero-order chi connectivity index (χ0) is 28.8. The summed E-state index contributed by atoms with van der Waals surface area (Å²) in [6.07, 6.45) is 4.50. The molecule has 1 aliphatic rings. The smallest absolute Gasteiger partial charge is 0.331 e. The highest BCUT2D eigenvalue weighted by Gasteiger charge is 2.24. The maximum atomic E-state index is 14.5. The van der Waals surface area contributed by atoms with Crippen LogP contribution in [-0.2, 0) is 33.5 Å². The van der Waals surface area contributed by atoms with Crippen molar-refractivity contribution < 1.29 is 33.0 Å². The fourth-order valence-electron chi connectivity index (χ4n) is 4.52. The minimum Gasteiger partial charge on any atom is -0.478 e. The number of benzene rings is 2. The van der Waals surface area contributed by atoms with E-state index in [2.05, 4.69) is 16.4 Å². The number of hydrogen-bond donors (Lipinski definition) is 2. The van der Waals surface area contributed by atoms with E-state index in [9.17, 15) is 18.4 Å². The highest BCUT2D eigenvalue weighted by atomic mass is 32.1. The Hall–Kier alpha value is -3.47. The molecular formula is C30H32F2N2O5S. The Morgan fingerprint density at radius 1 is 1.15 bits per heavy atom. The van der Waals surface area contributed by atoms with Gasteiger partial charge in [0, 0.05) is 33.7 Å². The predicted molar refractivity (Wildman–Crippen MR) is 151 cm³/mol. The maximum absolute atomic E-state index is 14.5. The third kappa shape index (κ3) is 7.18. The van der Waals surface area contributed by atoms with Crippen LogP contribution in [-0.4, -0.2) is 47.9 Å². The molecule has 0 radical (unpaired) electrons. The highest BCUT2D eigenvalue weighted by Crippen LogP contribution is 2.39. The molecule has 0 unspecified atom stereocenters. The average Bonchev–Trinajstić information content (AvgIpc) is 3.32. The van der Waals surface area contributed by atoms with E-state index in [4.69, 9.17) is 14.6 Å². The van der Waals surface area contributed by atoms with Crippen molar-refractivity contribution in [2.45, 2.75) is 52.6 Å². The van der Waals surface area contributed by atoms with E-state index < -0.39 is 29.1 Å². The van der Waals surface area contributed by atoms with Crippen molar-refractivity contribution in [2.75, 3.05) is 25.1 Å². The molecule has 10 heteroatoms. The van der Waals surface area contributed by atoms with Gasteiger partial charge in [-0.05, 0) is 75.8 Å². The molecule has 1 aromatic heterocycles. The van der Waals surface area contributed by atoms with Crippen LogP contribution in [0, 0.1) is 11.6 Å². The first-order valence-corrected chi connectivity index (χ1v) is 14.0. The molecule has 0 saturated carbocycles. The second kappa shape index (κ2) is 13.3. The van der Waals surface area contributed by atoms with E-state index in [1.54, 1.807) is 0 Å². The van der Waals surface area contributed by atoms with E-state index in [0.717, 1.165) is 60.0 Å². The number of halogens is 2. The zero-order valence-electron chi connectivity index (χ0n) is 22.7. The van der Waals surface area contributed by atoms with Gasteiger partial charge in [0.15, 0.2) is 5.13 Å². The molecule has 2 aromatic carbocycles. The highest BCUT2D eigenvalue weighted by molar-refractivity contribution is 7.16. The van der Waals surface area contributed by atoms with Gasteiger partial charge in [0.25, 0.3) is 5.91 Å². The van der Waals surface area contributed by atoms with Gasteiger partial charge >= 0.3 is 5.97 Å². The SMILES string of the molecule is CC(=Cc1c(F)cc(C(=O)Nc2nc3c(s2)CCc2c(CCCOCCOC(C)C)cccc2-3)cc1F)C(=O)O. The minimum absolute atomic E-state index is 0.195. The third-order valence-electron chi connectivity index (χ3n) is 6.50. The molecule has 1 amide bonds. The van der Waals surface area contributed by atoms with Crippen molar-refractivity contribution in [3.63, 3.8) is 0 Å². The number of carbonyl (C=O) groups excluding carboxylic acids is 1. The lowest BCUT2D eigenvalue weighted by molar-refractivity contribution is -0.132. The van der Waals surface area contributed by atoms with Crippen molar-refractivity contribution >= 4 is 34.4 Å². The van der Waals surface area contributed by atoms with Gasteiger partial charge in [0.05, 0.1) is 25.0 Å². The first-order chi connectivity index (χ1) is 19.1. The Morgan fingerprint density at radius 3 is 2.60 bits per heavy atom.